The van der Waals surface area contributed by atoms with Crippen LogP contribution in [0.4, 0.5) is 17.1 Å². The van der Waals surface area contributed by atoms with E-state index in [4.69, 9.17) is 34.4 Å². The standard InChI is InChI=1S/C27H24N6O3/c28-16-7-1-13(2-8-16)19-22(25(31)34)20(14-3-9-17(29)10-4-14)24(27(33)36)21(23(19)26(32)35)15-5-11-18(30)12-6-15/h1-12H,28-30H2,(H2,31,34)(H2,32,35)(H2,33,36). The lowest BCUT2D eigenvalue weighted by molar-refractivity contribution is 0.0999. The second kappa shape index (κ2) is 9.15. The molecule has 0 aliphatic rings. The van der Waals surface area contributed by atoms with Gasteiger partial charge in [-0.1, -0.05) is 36.4 Å². The van der Waals surface area contributed by atoms with Crippen molar-refractivity contribution in [1.82, 2.24) is 0 Å². The Morgan fingerprint density at radius 1 is 0.389 bits per heavy atom. The van der Waals surface area contributed by atoms with Crippen LogP contribution in [0.25, 0.3) is 33.4 Å². The molecule has 0 aliphatic heterocycles. The van der Waals surface area contributed by atoms with E-state index in [0.717, 1.165) is 0 Å². The van der Waals surface area contributed by atoms with Crippen molar-refractivity contribution in [2.75, 3.05) is 17.2 Å². The molecule has 9 nitrogen and oxygen atoms in total. The smallest absolute Gasteiger partial charge is 0.250 e. The summed E-state index contributed by atoms with van der Waals surface area (Å²) in [7, 11) is 0. The monoisotopic (exact) mass is 480 g/mol. The molecule has 12 N–H and O–H groups in total. The number of nitrogens with two attached hydrogens (primary N) is 6. The van der Waals surface area contributed by atoms with Crippen molar-refractivity contribution in [1.29, 1.82) is 0 Å². The molecule has 9 heteroatoms. The molecule has 0 bridgehead atoms. The summed E-state index contributed by atoms with van der Waals surface area (Å²) in [4.78, 5) is 39.1. The Labute approximate surface area is 206 Å². The minimum absolute atomic E-state index is 0.0914. The van der Waals surface area contributed by atoms with Crippen LogP contribution in [0.15, 0.2) is 72.8 Å². The number of carbonyl (C=O) groups is 3. The second-order valence-corrected chi connectivity index (χ2v) is 8.21. The van der Waals surface area contributed by atoms with E-state index in [1.54, 1.807) is 72.8 Å². The van der Waals surface area contributed by atoms with Crippen molar-refractivity contribution in [2.45, 2.75) is 0 Å². The molecule has 180 valence electrons. The van der Waals surface area contributed by atoms with Gasteiger partial charge in [-0.05, 0) is 53.1 Å². The van der Waals surface area contributed by atoms with Gasteiger partial charge in [0.25, 0.3) is 0 Å². The summed E-state index contributed by atoms with van der Waals surface area (Å²) < 4.78 is 0. The van der Waals surface area contributed by atoms with Gasteiger partial charge in [0.05, 0.1) is 16.7 Å². The zero-order chi connectivity index (χ0) is 26.1. The van der Waals surface area contributed by atoms with Crippen LogP contribution in [0.1, 0.15) is 31.1 Å². The van der Waals surface area contributed by atoms with Crippen molar-refractivity contribution in [3.05, 3.63) is 89.5 Å². The van der Waals surface area contributed by atoms with Crippen molar-refractivity contribution in [3.63, 3.8) is 0 Å². The van der Waals surface area contributed by atoms with Crippen LogP contribution >= 0.6 is 0 Å². The largest absolute Gasteiger partial charge is 0.399 e. The summed E-state index contributed by atoms with van der Waals surface area (Å²) >= 11 is 0. The maximum atomic E-state index is 13.0. The van der Waals surface area contributed by atoms with Gasteiger partial charge in [0.1, 0.15) is 0 Å². The highest BCUT2D eigenvalue weighted by Gasteiger charge is 2.32. The van der Waals surface area contributed by atoms with Crippen LogP contribution < -0.4 is 34.4 Å². The fourth-order valence-electron chi connectivity index (χ4n) is 4.30. The molecule has 4 rings (SSSR count). The SMILES string of the molecule is NC(=O)c1c(-c2ccc(N)cc2)c(C(N)=O)c(-c2ccc(N)cc2)c(C(N)=O)c1-c1ccc(N)cc1. The molecule has 0 radical (unpaired) electrons. The van der Waals surface area contributed by atoms with E-state index in [1.165, 1.54) is 0 Å². The molecule has 0 saturated carbocycles. The van der Waals surface area contributed by atoms with Crippen molar-refractivity contribution in [2.24, 2.45) is 17.2 Å². The van der Waals surface area contributed by atoms with Crippen LogP contribution in [0.5, 0.6) is 0 Å². The fourth-order valence-corrected chi connectivity index (χ4v) is 4.30. The molecule has 0 saturated heterocycles. The van der Waals surface area contributed by atoms with Crippen LogP contribution in [-0.2, 0) is 0 Å². The van der Waals surface area contributed by atoms with E-state index in [-0.39, 0.29) is 33.4 Å². The first kappa shape index (κ1) is 23.8. The number of primary amides is 3. The van der Waals surface area contributed by atoms with E-state index in [9.17, 15) is 14.4 Å². The quantitative estimate of drug-likeness (QED) is 0.228. The molecule has 36 heavy (non-hydrogen) atoms. The number of amides is 3. The zero-order valence-corrected chi connectivity index (χ0v) is 19.1. The van der Waals surface area contributed by atoms with Crippen LogP contribution in [0, 0.1) is 0 Å². The Kier molecular flexibility index (Phi) is 6.06. The number of anilines is 3. The number of hydrogen-bond acceptors (Lipinski definition) is 6. The lowest BCUT2D eigenvalue weighted by Gasteiger charge is -2.24. The van der Waals surface area contributed by atoms with Crippen LogP contribution in [0.3, 0.4) is 0 Å². The molecule has 0 atom stereocenters. The first-order chi connectivity index (χ1) is 17.1. The predicted molar refractivity (Wildman–Crippen MR) is 142 cm³/mol. The Balaban J connectivity index is 2.34. The summed E-state index contributed by atoms with van der Waals surface area (Å²) in [6.45, 7) is 0. The van der Waals surface area contributed by atoms with Gasteiger partial charge in [0.15, 0.2) is 0 Å². The average molecular weight is 481 g/mol. The first-order valence-electron chi connectivity index (χ1n) is 10.8. The number of nitrogen functional groups attached to an aromatic ring is 3. The summed E-state index contributed by atoms with van der Waals surface area (Å²) in [5.41, 5.74) is 38.2. The van der Waals surface area contributed by atoms with E-state index < -0.39 is 17.7 Å². The molecule has 0 unspecified atom stereocenters. The highest BCUT2D eigenvalue weighted by atomic mass is 16.2. The van der Waals surface area contributed by atoms with E-state index in [1.807, 2.05) is 0 Å². The molecule has 4 aromatic carbocycles. The van der Waals surface area contributed by atoms with Gasteiger partial charge in [-0.2, -0.15) is 0 Å². The van der Waals surface area contributed by atoms with Gasteiger partial charge in [-0.25, -0.2) is 0 Å². The summed E-state index contributed by atoms with van der Waals surface area (Å²) in [5.74, 6) is -2.66. The molecule has 0 spiro atoms. The van der Waals surface area contributed by atoms with Gasteiger partial charge < -0.3 is 34.4 Å². The van der Waals surface area contributed by atoms with Gasteiger partial charge in [-0.3, -0.25) is 14.4 Å². The van der Waals surface area contributed by atoms with E-state index >= 15 is 0 Å². The summed E-state index contributed by atoms with van der Waals surface area (Å²) in [6.07, 6.45) is 0. The molecule has 0 fully saturated rings. The molecule has 3 amide bonds. The number of hydrogen-bond donors (Lipinski definition) is 6. The third-order valence-corrected chi connectivity index (χ3v) is 5.84. The lowest BCUT2D eigenvalue weighted by atomic mass is 9.78. The Morgan fingerprint density at radius 3 is 0.750 bits per heavy atom. The number of benzene rings is 4. The molecule has 4 aromatic rings. The topological polar surface area (TPSA) is 207 Å². The maximum Gasteiger partial charge on any atom is 0.250 e. The number of rotatable bonds is 6. The van der Waals surface area contributed by atoms with Gasteiger partial charge in [0.2, 0.25) is 17.7 Å². The molecule has 0 aromatic heterocycles. The van der Waals surface area contributed by atoms with Gasteiger partial charge in [0, 0.05) is 33.8 Å². The van der Waals surface area contributed by atoms with Crippen molar-refractivity contribution < 1.29 is 14.4 Å². The first-order valence-corrected chi connectivity index (χ1v) is 10.8. The second-order valence-electron chi connectivity index (χ2n) is 8.21. The maximum absolute atomic E-state index is 13.0. The predicted octanol–water partition coefficient (Wildman–Crippen LogP) is 2.73. The minimum atomic E-state index is -0.887. The Morgan fingerprint density at radius 2 is 0.583 bits per heavy atom. The molecule has 0 aliphatic carbocycles. The molecular formula is C27H24N6O3. The minimum Gasteiger partial charge on any atom is -0.399 e. The fraction of sp³-hybridized carbons (Fsp3) is 0. The Hall–Kier alpha value is -5.31. The van der Waals surface area contributed by atoms with Crippen LogP contribution in [-0.4, -0.2) is 17.7 Å². The lowest BCUT2D eigenvalue weighted by Crippen LogP contribution is -2.25. The molecule has 0 heterocycles. The van der Waals surface area contributed by atoms with Gasteiger partial charge >= 0.3 is 0 Å². The highest BCUT2D eigenvalue weighted by molar-refractivity contribution is 6.22. The number of carbonyl (C=O) groups excluding carboxylic acids is 3. The van der Waals surface area contributed by atoms with Gasteiger partial charge in [-0.15, -0.1) is 0 Å². The van der Waals surface area contributed by atoms with Crippen molar-refractivity contribution in [3.8, 4) is 33.4 Å². The summed E-state index contributed by atoms with van der Waals surface area (Å²) in [5, 5.41) is 0. The average Bonchev–Trinajstić information content (AvgIpc) is 2.83. The highest BCUT2D eigenvalue weighted by Crippen LogP contribution is 2.45. The summed E-state index contributed by atoms with van der Waals surface area (Å²) in [6, 6.07) is 19.5. The van der Waals surface area contributed by atoms with Crippen molar-refractivity contribution >= 4 is 34.8 Å². The zero-order valence-electron chi connectivity index (χ0n) is 19.1. The normalized spacial score (nSPS) is 10.7. The Bertz CT molecular complexity index is 1300. The third-order valence-electron chi connectivity index (χ3n) is 5.84. The van der Waals surface area contributed by atoms with E-state index in [2.05, 4.69) is 0 Å². The molecular weight excluding hydrogens is 456 g/mol. The third kappa shape index (κ3) is 4.16. The van der Waals surface area contributed by atoms with Crippen LogP contribution in [0.2, 0.25) is 0 Å². The van der Waals surface area contributed by atoms with E-state index in [0.29, 0.717) is 33.8 Å².